The lowest BCUT2D eigenvalue weighted by Gasteiger charge is -2.18. The highest BCUT2D eigenvalue weighted by Gasteiger charge is 2.24. The summed E-state index contributed by atoms with van der Waals surface area (Å²) in [6, 6.07) is -3.68. The molecule has 0 aromatic carbocycles. The van der Waals surface area contributed by atoms with E-state index >= 15 is 0 Å². The SMILES string of the molecule is CC(NC(=O)CNC(=O)C(N)CC(N)=O)C(=O)NC(CCC(N)=O)C(=O)O. The van der Waals surface area contributed by atoms with Crippen LogP contribution in [0.1, 0.15) is 26.2 Å². The zero-order valence-electron chi connectivity index (χ0n) is 14.7. The standard InChI is InChI=1S/C14H24N6O7/c1-6(12(24)20-8(14(26)27)2-3-9(16)21)19-11(23)5-18-13(25)7(15)4-10(17)22/h6-8H,2-5,15H2,1H3,(H2,16,21)(H2,17,22)(H,18,25)(H,19,23)(H,20,24)(H,26,27). The fourth-order valence-corrected chi connectivity index (χ4v) is 1.81. The van der Waals surface area contributed by atoms with Gasteiger partial charge in [-0.3, -0.25) is 24.0 Å². The number of carbonyl (C=O) groups is 6. The second-order valence-corrected chi connectivity index (χ2v) is 5.69. The molecule has 0 aliphatic rings. The summed E-state index contributed by atoms with van der Waals surface area (Å²) in [7, 11) is 0. The first-order chi connectivity index (χ1) is 12.4. The van der Waals surface area contributed by atoms with Crippen molar-refractivity contribution in [3.8, 4) is 0 Å². The maximum atomic E-state index is 11.9. The molecule has 0 heterocycles. The van der Waals surface area contributed by atoms with Crippen molar-refractivity contribution in [2.45, 2.75) is 44.3 Å². The lowest BCUT2D eigenvalue weighted by atomic mass is 10.1. The summed E-state index contributed by atoms with van der Waals surface area (Å²) in [5, 5.41) is 15.6. The van der Waals surface area contributed by atoms with Crippen LogP contribution in [0.4, 0.5) is 0 Å². The van der Waals surface area contributed by atoms with Crippen molar-refractivity contribution < 1.29 is 33.9 Å². The van der Waals surface area contributed by atoms with Crippen LogP contribution in [0.5, 0.6) is 0 Å². The van der Waals surface area contributed by atoms with E-state index in [1.165, 1.54) is 6.92 Å². The second-order valence-electron chi connectivity index (χ2n) is 5.69. The third kappa shape index (κ3) is 10.4. The van der Waals surface area contributed by atoms with E-state index in [4.69, 9.17) is 22.3 Å². The van der Waals surface area contributed by atoms with Crippen molar-refractivity contribution >= 4 is 35.5 Å². The molecule has 0 saturated carbocycles. The van der Waals surface area contributed by atoms with Crippen LogP contribution in [0.15, 0.2) is 0 Å². The summed E-state index contributed by atoms with van der Waals surface area (Å²) in [4.78, 5) is 67.7. The molecule has 0 aliphatic heterocycles. The van der Waals surface area contributed by atoms with E-state index in [-0.39, 0.29) is 12.8 Å². The van der Waals surface area contributed by atoms with E-state index < -0.39 is 66.6 Å². The van der Waals surface area contributed by atoms with Gasteiger partial charge in [0.1, 0.15) is 12.1 Å². The Balaban J connectivity index is 4.45. The molecule has 27 heavy (non-hydrogen) atoms. The highest BCUT2D eigenvalue weighted by atomic mass is 16.4. The number of nitrogens with two attached hydrogens (primary N) is 3. The second kappa shape index (κ2) is 11.4. The largest absolute Gasteiger partial charge is 0.480 e. The zero-order chi connectivity index (χ0) is 21.1. The molecule has 0 saturated heterocycles. The minimum absolute atomic E-state index is 0.203. The Morgan fingerprint density at radius 2 is 1.56 bits per heavy atom. The fraction of sp³-hybridized carbons (Fsp3) is 0.571. The molecule has 10 N–H and O–H groups in total. The number of primary amides is 2. The number of rotatable bonds is 12. The minimum Gasteiger partial charge on any atom is -0.480 e. The molecule has 13 nitrogen and oxygen atoms in total. The molecule has 13 heteroatoms. The van der Waals surface area contributed by atoms with Crippen LogP contribution >= 0.6 is 0 Å². The predicted molar refractivity (Wildman–Crippen MR) is 90.4 cm³/mol. The van der Waals surface area contributed by atoms with Gasteiger partial charge in [-0.15, -0.1) is 0 Å². The third-order valence-electron chi connectivity index (χ3n) is 3.25. The first-order valence-corrected chi connectivity index (χ1v) is 7.86. The molecule has 0 radical (unpaired) electrons. The summed E-state index contributed by atoms with van der Waals surface area (Å²) in [6.07, 6.45) is -0.839. The number of amides is 5. The molecule has 5 amide bonds. The molecule has 0 aliphatic carbocycles. The smallest absolute Gasteiger partial charge is 0.326 e. The number of aliphatic carboxylic acids is 1. The van der Waals surface area contributed by atoms with Gasteiger partial charge in [0.05, 0.1) is 19.0 Å². The summed E-state index contributed by atoms with van der Waals surface area (Å²) in [5.74, 6) is -5.20. The van der Waals surface area contributed by atoms with Crippen LogP contribution in [0.2, 0.25) is 0 Å². The first kappa shape index (κ1) is 23.8. The average molecular weight is 388 g/mol. The zero-order valence-corrected chi connectivity index (χ0v) is 14.7. The Labute approximate surface area is 154 Å². The van der Waals surface area contributed by atoms with Crippen molar-refractivity contribution in [2.24, 2.45) is 17.2 Å². The van der Waals surface area contributed by atoms with Crippen LogP contribution in [-0.4, -0.2) is 65.3 Å². The molecular weight excluding hydrogens is 364 g/mol. The quantitative estimate of drug-likeness (QED) is 0.172. The van der Waals surface area contributed by atoms with Gasteiger partial charge in [0.2, 0.25) is 29.5 Å². The number of nitrogens with one attached hydrogen (secondary N) is 3. The minimum atomic E-state index is -1.36. The van der Waals surface area contributed by atoms with Gasteiger partial charge in [0.15, 0.2) is 0 Å². The highest BCUT2D eigenvalue weighted by Crippen LogP contribution is 1.98. The number of hydrogen-bond acceptors (Lipinski definition) is 7. The molecule has 152 valence electrons. The fourth-order valence-electron chi connectivity index (χ4n) is 1.81. The van der Waals surface area contributed by atoms with Gasteiger partial charge in [-0.25, -0.2) is 4.79 Å². The van der Waals surface area contributed by atoms with E-state index in [9.17, 15) is 28.8 Å². The van der Waals surface area contributed by atoms with E-state index in [0.717, 1.165) is 0 Å². The van der Waals surface area contributed by atoms with Gasteiger partial charge < -0.3 is 38.3 Å². The molecule has 0 spiro atoms. The van der Waals surface area contributed by atoms with Gasteiger partial charge in [-0.2, -0.15) is 0 Å². The number of hydrogen-bond donors (Lipinski definition) is 7. The Morgan fingerprint density at radius 1 is 0.963 bits per heavy atom. The lowest BCUT2D eigenvalue weighted by Crippen LogP contribution is -2.52. The van der Waals surface area contributed by atoms with E-state index in [1.807, 2.05) is 0 Å². The molecule has 3 atom stereocenters. The van der Waals surface area contributed by atoms with Gasteiger partial charge in [0, 0.05) is 6.42 Å². The van der Waals surface area contributed by atoms with E-state index in [2.05, 4.69) is 16.0 Å². The number of carboxylic acid groups (broad SMARTS) is 1. The average Bonchev–Trinajstić information content (AvgIpc) is 2.54. The Morgan fingerprint density at radius 3 is 2.04 bits per heavy atom. The number of carboxylic acids is 1. The van der Waals surface area contributed by atoms with Gasteiger partial charge >= 0.3 is 5.97 Å². The maximum Gasteiger partial charge on any atom is 0.326 e. The van der Waals surface area contributed by atoms with Gasteiger partial charge in [0.25, 0.3) is 0 Å². The van der Waals surface area contributed by atoms with E-state index in [1.54, 1.807) is 0 Å². The molecule has 0 bridgehead atoms. The van der Waals surface area contributed by atoms with Crippen LogP contribution in [0.25, 0.3) is 0 Å². The predicted octanol–water partition coefficient (Wildman–Crippen LogP) is -4.36. The third-order valence-corrected chi connectivity index (χ3v) is 3.25. The van der Waals surface area contributed by atoms with E-state index in [0.29, 0.717) is 0 Å². The van der Waals surface area contributed by atoms with Gasteiger partial charge in [-0.05, 0) is 13.3 Å². The van der Waals surface area contributed by atoms with Crippen molar-refractivity contribution in [1.82, 2.24) is 16.0 Å². The molecule has 0 fully saturated rings. The topological polar surface area (TPSA) is 237 Å². The monoisotopic (exact) mass is 388 g/mol. The lowest BCUT2D eigenvalue weighted by molar-refractivity contribution is -0.142. The van der Waals surface area contributed by atoms with Crippen LogP contribution in [0, 0.1) is 0 Å². The molecule has 0 aromatic heterocycles. The summed E-state index contributed by atoms with van der Waals surface area (Å²) < 4.78 is 0. The maximum absolute atomic E-state index is 11.9. The molecule has 0 rings (SSSR count). The Kier molecular flexibility index (Phi) is 10.0. The summed E-state index contributed by atoms with van der Waals surface area (Å²) in [5.41, 5.74) is 15.2. The Bertz CT molecular complexity index is 609. The van der Waals surface area contributed by atoms with Crippen molar-refractivity contribution in [2.75, 3.05) is 6.54 Å². The van der Waals surface area contributed by atoms with Crippen molar-refractivity contribution in [3.63, 3.8) is 0 Å². The summed E-state index contributed by atoms with van der Waals surface area (Å²) >= 11 is 0. The molecule has 3 unspecified atom stereocenters. The highest BCUT2D eigenvalue weighted by molar-refractivity contribution is 5.93. The van der Waals surface area contributed by atoms with Crippen LogP contribution in [-0.2, 0) is 28.8 Å². The van der Waals surface area contributed by atoms with Crippen molar-refractivity contribution in [1.29, 1.82) is 0 Å². The van der Waals surface area contributed by atoms with Gasteiger partial charge in [-0.1, -0.05) is 0 Å². The normalized spacial score (nSPS) is 13.6. The molecular formula is C14H24N6O7. The summed E-state index contributed by atoms with van der Waals surface area (Å²) in [6.45, 7) is 0.772. The first-order valence-electron chi connectivity index (χ1n) is 7.86. The van der Waals surface area contributed by atoms with Crippen LogP contribution in [0.3, 0.4) is 0 Å². The van der Waals surface area contributed by atoms with Crippen molar-refractivity contribution in [3.05, 3.63) is 0 Å². The Hall–Kier alpha value is -3.22. The molecule has 0 aromatic rings. The van der Waals surface area contributed by atoms with Crippen LogP contribution < -0.4 is 33.2 Å². The number of carbonyl (C=O) groups excluding carboxylic acids is 5.